The normalized spacial score (nSPS) is 10.1. The van der Waals surface area contributed by atoms with Gasteiger partial charge in [-0.3, -0.25) is 0 Å². The standard InChI is InChI=1S/C8H11FN2/c1-3-6-4-7(10)11-5(2)8(6)9/h4H,3H2,1-2H3,(H2,10,11). The molecule has 0 bridgehead atoms. The second-order valence-electron chi connectivity index (χ2n) is 2.46. The van der Waals surface area contributed by atoms with Crippen LogP contribution in [0.15, 0.2) is 6.07 Å². The number of rotatable bonds is 1. The molecule has 0 aliphatic rings. The van der Waals surface area contributed by atoms with Gasteiger partial charge in [0.15, 0.2) is 0 Å². The van der Waals surface area contributed by atoms with Crippen molar-refractivity contribution in [3.63, 3.8) is 0 Å². The Kier molecular flexibility index (Phi) is 2.08. The Labute approximate surface area is 65.3 Å². The molecular formula is C8H11FN2. The molecule has 1 heterocycles. The average Bonchev–Trinajstić information content (AvgIpc) is 1.96. The summed E-state index contributed by atoms with van der Waals surface area (Å²) in [5, 5.41) is 0. The van der Waals surface area contributed by atoms with E-state index in [1.165, 1.54) is 0 Å². The summed E-state index contributed by atoms with van der Waals surface area (Å²) in [6.45, 7) is 3.50. The number of hydrogen-bond acceptors (Lipinski definition) is 2. The van der Waals surface area contributed by atoms with Gasteiger partial charge in [-0.15, -0.1) is 0 Å². The Morgan fingerprint density at radius 3 is 2.82 bits per heavy atom. The van der Waals surface area contributed by atoms with Gasteiger partial charge in [-0.1, -0.05) is 6.92 Å². The van der Waals surface area contributed by atoms with Crippen molar-refractivity contribution in [3.8, 4) is 0 Å². The lowest BCUT2D eigenvalue weighted by Crippen LogP contribution is -1.99. The van der Waals surface area contributed by atoms with E-state index in [-0.39, 0.29) is 5.82 Å². The lowest BCUT2D eigenvalue weighted by Gasteiger charge is -2.02. The third-order valence-electron chi connectivity index (χ3n) is 1.60. The lowest BCUT2D eigenvalue weighted by molar-refractivity contribution is 0.595. The van der Waals surface area contributed by atoms with Gasteiger partial charge in [-0.2, -0.15) is 0 Å². The van der Waals surface area contributed by atoms with E-state index in [0.29, 0.717) is 23.5 Å². The van der Waals surface area contributed by atoms with Gasteiger partial charge < -0.3 is 5.73 Å². The second kappa shape index (κ2) is 2.86. The van der Waals surface area contributed by atoms with Crippen molar-refractivity contribution in [3.05, 3.63) is 23.1 Å². The summed E-state index contributed by atoms with van der Waals surface area (Å²) in [5.74, 6) is 0.155. The molecule has 3 heteroatoms. The summed E-state index contributed by atoms with van der Waals surface area (Å²) in [5.41, 5.74) is 6.44. The molecule has 0 aliphatic carbocycles. The first-order valence-corrected chi connectivity index (χ1v) is 3.56. The van der Waals surface area contributed by atoms with Crippen LogP contribution in [0.1, 0.15) is 18.2 Å². The SMILES string of the molecule is CCc1cc(N)nc(C)c1F. The molecule has 1 aromatic heterocycles. The first-order valence-electron chi connectivity index (χ1n) is 3.56. The predicted octanol–water partition coefficient (Wildman–Crippen LogP) is 1.67. The first kappa shape index (κ1) is 7.98. The number of nitrogen functional groups attached to an aromatic ring is 1. The Morgan fingerprint density at radius 2 is 2.27 bits per heavy atom. The van der Waals surface area contributed by atoms with E-state index in [1.54, 1.807) is 13.0 Å². The Hall–Kier alpha value is -1.12. The fraction of sp³-hybridized carbons (Fsp3) is 0.375. The van der Waals surface area contributed by atoms with Crippen LogP contribution in [-0.2, 0) is 6.42 Å². The highest BCUT2D eigenvalue weighted by molar-refractivity contribution is 5.35. The molecule has 1 rings (SSSR count). The third kappa shape index (κ3) is 1.48. The molecule has 0 fully saturated rings. The van der Waals surface area contributed by atoms with Crippen LogP contribution in [-0.4, -0.2) is 4.98 Å². The molecule has 2 nitrogen and oxygen atoms in total. The topological polar surface area (TPSA) is 38.9 Å². The van der Waals surface area contributed by atoms with Gasteiger partial charge in [-0.25, -0.2) is 9.37 Å². The van der Waals surface area contributed by atoms with Crippen molar-refractivity contribution < 1.29 is 4.39 Å². The van der Waals surface area contributed by atoms with Gasteiger partial charge in [-0.05, 0) is 25.0 Å². The van der Waals surface area contributed by atoms with Crippen LogP contribution in [0.5, 0.6) is 0 Å². The van der Waals surface area contributed by atoms with Crippen LogP contribution in [0, 0.1) is 12.7 Å². The molecule has 0 atom stereocenters. The molecule has 0 unspecified atom stereocenters. The summed E-state index contributed by atoms with van der Waals surface area (Å²) < 4.78 is 13.1. The monoisotopic (exact) mass is 154 g/mol. The van der Waals surface area contributed by atoms with Crippen LogP contribution in [0.3, 0.4) is 0 Å². The quantitative estimate of drug-likeness (QED) is 0.668. The lowest BCUT2D eigenvalue weighted by atomic mass is 10.1. The molecule has 2 N–H and O–H groups in total. The zero-order valence-electron chi connectivity index (χ0n) is 6.69. The fourth-order valence-corrected chi connectivity index (χ4v) is 1.01. The molecule has 0 saturated heterocycles. The third-order valence-corrected chi connectivity index (χ3v) is 1.60. The highest BCUT2D eigenvalue weighted by Crippen LogP contribution is 2.13. The van der Waals surface area contributed by atoms with Gasteiger partial charge in [0.25, 0.3) is 0 Å². The number of halogens is 1. The maximum absolute atomic E-state index is 13.1. The van der Waals surface area contributed by atoms with Crippen molar-refractivity contribution in [2.24, 2.45) is 0 Å². The first-order chi connectivity index (χ1) is 5.15. The van der Waals surface area contributed by atoms with Crippen LogP contribution in [0.25, 0.3) is 0 Å². The number of aryl methyl sites for hydroxylation is 2. The maximum atomic E-state index is 13.1. The molecule has 11 heavy (non-hydrogen) atoms. The smallest absolute Gasteiger partial charge is 0.147 e. The summed E-state index contributed by atoms with van der Waals surface area (Å²) in [6.07, 6.45) is 0.652. The minimum atomic E-state index is -0.235. The van der Waals surface area contributed by atoms with E-state index in [4.69, 9.17) is 5.73 Å². The molecular weight excluding hydrogens is 143 g/mol. The number of hydrogen-bond donors (Lipinski definition) is 1. The average molecular weight is 154 g/mol. The molecule has 0 amide bonds. The van der Waals surface area contributed by atoms with Crippen molar-refractivity contribution in [1.82, 2.24) is 4.98 Å². The van der Waals surface area contributed by atoms with E-state index in [0.717, 1.165) is 0 Å². The Balaban J connectivity index is 3.24. The van der Waals surface area contributed by atoms with E-state index in [2.05, 4.69) is 4.98 Å². The van der Waals surface area contributed by atoms with Crippen LogP contribution >= 0.6 is 0 Å². The van der Waals surface area contributed by atoms with Crippen LogP contribution < -0.4 is 5.73 Å². The van der Waals surface area contributed by atoms with E-state index < -0.39 is 0 Å². The maximum Gasteiger partial charge on any atom is 0.147 e. The number of aromatic nitrogens is 1. The van der Waals surface area contributed by atoms with Crippen molar-refractivity contribution in [1.29, 1.82) is 0 Å². The van der Waals surface area contributed by atoms with Gasteiger partial charge in [0.2, 0.25) is 0 Å². The van der Waals surface area contributed by atoms with E-state index in [9.17, 15) is 4.39 Å². The summed E-state index contributed by atoms with van der Waals surface area (Å²) in [4.78, 5) is 3.78. The largest absolute Gasteiger partial charge is 0.384 e. The highest BCUT2D eigenvalue weighted by atomic mass is 19.1. The second-order valence-corrected chi connectivity index (χ2v) is 2.46. The van der Waals surface area contributed by atoms with Crippen molar-refractivity contribution in [2.75, 3.05) is 5.73 Å². The minimum Gasteiger partial charge on any atom is -0.384 e. The van der Waals surface area contributed by atoms with E-state index in [1.807, 2.05) is 6.92 Å². The molecule has 0 spiro atoms. The molecule has 0 saturated carbocycles. The predicted molar refractivity (Wildman–Crippen MR) is 42.7 cm³/mol. The Bertz CT molecular complexity index is 271. The van der Waals surface area contributed by atoms with Crippen molar-refractivity contribution >= 4 is 5.82 Å². The minimum absolute atomic E-state index is 0.235. The summed E-state index contributed by atoms with van der Waals surface area (Å²) >= 11 is 0. The van der Waals surface area contributed by atoms with Gasteiger partial charge in [0.05, 0.1) is 5.69 Å². The fourth-order valence-electron chi connectivity index (χ4n) is 1.01. The zero-order chi connectivity index (χ0) is 8.43. The summed E-state index contributed by atoms with van der Waals surface area (Å²) in [6, 6.07) is 1.57. The molecule has 0 radical (unpaired) electrons. The molecule has 0 aliphatic heterocycles. The van der Waals surface area contributed by atoms with Gasteiger partial charge >= 0.3 is 0 Å². The van der Waals surface area contributed by atoms with Crippen LogP contribution in [0.2, 0.25) is 0 Å². The van der Waals surface area contributed by atoms with Gasteiger partial charge in [0.1, 0.15) is 11.6 Å². The Morgan fingerprint density at radius 1 is 1.64 bits per heavy atom. The zero-order valence-corrected chi connectivity index (χ0v) is 6.69. The number of nitrogens with zero attached hydrogens (tertiary/aromatic N) is 1. The molecule has 60 valence electrons. The number of pyridine rings is 1. The van der Waals surface area contributed by atoms with Crippen LogP contribution in [0.4, 0.5) is 10.2 Å². The van der Waals surface area contributed by atoms with Crippen molar-refractivity contribution in [2.45, 2.75) is 20.3 Å². The highest BCUT2D eigenvalue weighted by Gasteiger charge is 2.05. The number of anilines is 1. The number of nitrogens with two attached hydrogens (primary N) is 1. The van der Waals surface area contributed by atoms with E-state index >= 15 is 0 Å². The summed E-state index contributed by atoms with van der Waals surface area (Å²) in [7, 11) is 0. The molecule has 0 aromatic carbocycles. The molecule has 1 aromatic rings. The van der Waals surface area contributed by atoms with Gasteiger partial charge in [0, 0.05) is 0 Å².